The van der Waals surface area contributed by atoms with E-state index in [1.165, 1.54) is 17.3 Å². The fourth-order valence-corrected chi connectivity index (χ4v) is 3.68. The van der Waals surface area contributed by atoms with Crippen LogP contribution in [0.5, 0.6) is 0 Å². The molecule has 0 aliphatic heterocycles. The van der Waals surface area contributed by atoms with Crippen molar-refractivity contribution in [3.8, 4) is 11.4 Å². The SMILES string of the molecule is CCc1ccc(-c2nc(SCC(=O)Nc3c(C)cc(C)cc3Cl)n[nH]2)cc1. The van der Waals surface area contributed by atoms with Gasteiger partial charge in [-0.05, 0) is 43.0 Å². The zero-order valence-corrected chi connectivity index (χ0v) is 17.0. The molecule has 0 saturated carbocycles. The molecule has 0 spiro atoms. The molecule has 0 saturated heterocycles. The van der Waals surface area contributed by atoms with Crippen molar-refractivity contribution in [1.29, 1.82) is 0 Å². The molecule has 27 heavy (non-hydrogen) atoms. The molecule has 0 radical (unpaired) electrons. The molecule has 0 aliphatic rings. The monoisotopic (exact) mass is 400 g/mol. The van der Waals surface area contributed by atoms with Crippen LogP contribution < -0.4 is 5.32 Å². The number of amides is 1. The Labute approximate surface area is 167 Å². The van der Waals surface area contributed by atoms with Crippen molar-refractivity contribution < 1.29 is 4.79 Å². The fraction of sp³-hybridized carbons (Fsp3) is 0.250. The van der Waals surface area contributed by atoms with Gasteiger partial charge in [0.05, 0.1) is 16.5 Å². The molecule has 5 nitrogen and oxygen atoms in total. The molecule has 140 valence electrons. The number of hydrogen-bond donors (Lipinski definition) is 2. The smallest absolute Gasteiger partial charge is 0.234 e. The maximum atomic E-state index is 12.3. The van der Waals surface area contributed by atoms with E-state index in [1.54, 1.807) is 0 Å². The minimum atomic E-state index is -0.146. The van der Waals surface area contributed by atoms with Gasteiger partial charge < -0.3 is 5.32 Å². The van der Waals surface area contributed by atoms with Crippen LogP contribution in [0.3, 0.4) is 0 Å². The third-order valence-corrected chi connectivity index (χ3v) is 5.27. The summed E-state index contributed by atoms with van der Waals surface area (Å²) in [6.45, 7) is 6.01. The van der Waals surface area contributed by atoms with Gasteiger partial charge in [-0.25, -0.2) is 4.98 Å². The van der Waals surface area contributed by atoms with Crippen molar-refractivity contribution in [3.63, 3.8) is 0 Å². The van der Waals surface area contributed by atoms with Crippen molar-refractivity contribution in [3.05, 3.63) is 58.1 Å². The highest BCUT2D eigenvalue weighted by atomic mass is 35.5. The van der Waals surface area contributed by atoms with E-state index >= 15 is 0 Å². The summed E-state index contributed by atoms with van der Waals surface area (Å²) in [6.07, 6.45) is 0.997. The number of nitrogens with zero attached hydrogens (tertiary/aromatic N) is 2. The molecule has 7 heteroatoms. The molecule has 1 heterocycles. The summed E-state index contributed by atoms with van der Waals surface area (Å²) < 4.78 is 0. The molecule has 3 aromatic rings. The molecule has 0 atom stereocenters. The fourth-order valence-electron chi connectivity index (χ4n) is 2.72. The first-order valence-corrected chi connectivity index (χ1v) is 10.0. The van der Waals surface area contributed by atoms with E-state index in [0.717, 1.165) is 23.1 Å². The Morgan fingerprint density at radius 1 is 1.22 bits per heavy atom. The lowest BCUT2D eigenvalue weighted by molar-refractivity contribution is -0.113. The third kappa shape index (κ3) is 4.90. The normalized spacial score (nSPS) is 10.8. The number of aromatic amines is 1. The Balaban J connectivity index is 1.60. The predicted molar refractivity (Wildman–Crippen MR) is 111 cm³/mol. The van der Waals surface area contributed by atoms with Crippen molar-refractivity contribution in [2.75, 3.05) is 11.1 Å². The Hall–Kier alpha value is -2.31. The molecule has 1 aromatic heterocycles. The van der Waals surface area contributed by atoms with Crippen LogP contribution in [0.1, 0.15) is 23.6 Å². The lowest BCUT2D eigenvalue weighted by Gasteiger charge is -2.11. The highest BCUT2D eigenvalue weighted by Crippen LogP contribution is 2.28. The number of thioether (sulfide) groups is 1. The number of rotatable bonds is 6. The van der Waals surface area contributed by atoms with E-state index in [-0.39, 0.29) is 11.7 Å². The maximum absolute atomic E-state index is 12.3. The summed E-state index contributed by atoms with van der Waals surface area (Å²) in [7, 11) is 0. The summed E-state index contributed by atoms with van der Waals surface area (Å²) in [5, 5.41) is 11.1. The van der Waals surface area contributed by atoms with E-state index in [4.69, 9.17) is 11.6 Å². The summed E-state index contributed by atoms with van der Waals surface area (Å²) in [4.78, 5) is 16.7. The van der Waals surface area contributed by atoms with Gasteiger partial charge in [-0.15, -0.1) is 5.10 Å². The highest BCUT2D eigenvalue weighted by molar-refractivity contribution is 7.99. The topological polar surface area (TPSA) is 70.7 Å². The number of benzene rings is 2. The minimum Gasteiger partial charge on any atom is -0.324 e. The van der Waals surface area contributed by atoms with Gasteiger partial charge in [0, 0.05) is 5.56 Å². The maximum Gasteiger partial charge on any atom is 0.234 e. The molecule has 0 unspecified atom stereocenters. The quantitative estimate of drug-likeness (QED) is 0.569. The van der Waals surface area contributed by atoms with Gasteiger partial charge in [-0.1, -0.05) is 60.6 Å². The summed E-state index contributed by atoms with van der Waals surface area (Å²) in [5.41, 5.74) is 4.89. The van der Waals surface area contributed by atoms with Gasteiger partial charge in [0.1, 0.15) is 0 Å². The van der Waals surface area contributed by atoms with Gasteiger partial charge in [0.15, 0.2) is 5.82 Å². The molecule has 3 rings (SSSR count). The number of hydrogen-bond acceptors (Lipinski definition) is 4. The molecule has 1 amide bonds. The highest BCUT2D eigenvalue weighted by Gasteiger charge is 2.12. The zero-order chi connectivity index (χ0) is 19.4. The number of carbonyl (C=O) groups excluding carboxylic acids is 1. The number of nitrogens with one attached hydrogen (secondary N) is 2. The Kier molecular flexibility index (Phi) is 6.19. The molecular formula is C20H21ClN4OS. The van der Waals surface area contributed by atoms with Crippen molar-refractivity contribution in [2.45, 2.75) is 32.3 Å². The summed E-state index contributed by atoms with van der Waals surface area (Å²) >= 11 is 7.51. The lowest BCUT2D eigenvalue weighted by Crippen LogP contribution is -2.15. The molecule has 2 aromatic carbocycles. The van der Waals surface area contributed by atoms with Crippen molar-refractivity contribution in [2.24, 2.45) is 0 Å². The van der Waals surface area contributed by atoms with Gasteiger partial charge in [0.25, 0.3) is 0 Å². The van der Waals surface area contributed by atoms with Crippen LogP contribution in [0, 0.1) is 13.8 Å². The number of H-pyrrole nitrogens is 1. The number of aromatic nitrogens is 3. The van der Waals surface area contributed by atoms with E-state index < -0.39 is 0 Å². The van der Waals surface area contributed by atoms with E-state index in [0.29, 0.717) is 21.7 Å². The Morgan fingerprint density at radius 2 is 1.96 bits per heavy atom. The van der Waals surface area contributed by atoms with Crippen LogP contribution in [-0.4, -0.2) is 26.8 Å². The summed E-state index contributed by atoms with van der Waals surface area (Å²) in [6, 6.07) is 12.0. The summed E-state index contributed by atoms with van der Waals surface area (Å²) in [5.74, 6) is 0.751. The molecule has 0 fully saturated rings. The van der Waals surface area contributed by atoms with Crippen LogP contribution in [0.2, 0.25) is 5.02 Å². The van der Waals surface area contributed by atoms with E-state index in [9.17, 15) is 4.79 Å². The second-order valence-corrected chi connectivity index (χ2v) is 7.64. The first kappa shape index (κ1) is 19.5. The van der Waals surface area contributed by atoms with Crippen LogP contribution in [0.25, 0.3) is 11.4 Å². The van der Waals surface area contributed by atoms with Crippen LogP contribution in [-0.2, 0) is 11.2 Å². The molecule has 0 bridgehead atoms. The zero-order valence-electron chi connectivity index (χ0n) is 15.5. The lowest BCUT2D eigenvalue weighted by atomic mass is 10.1. The average molecular weight is 401 g/mol. The molecule has 2 N–H and O–H groups in total. The Bertz CT molecular complexity index is 930. The number of anilines is 1. The minimum absolute atomic E-state index is 0.146. The van der Waals surface area contributed by atoms with Crippen LogP contribution in [0.15, 0.2) is 41.6 Å². The molecule has 0 aliphatic carbocycles. The number of aryl methyl sites for hydroxylation is 3. The number of carbonyl (C=O) groups is 1. The largest absolute Gasteiger partial charge is 0.324 e. The second-order valence-electron chi connectivity index (χ2n) is 6.29. The van der Waals surface area contributed by atoms with E-state index in [2.05, 4.69) is 39.6 Å². The average Bonchev–Trinajstić information content (AvgIpc) is 3.12. The first-order chi connectivity index (χ1) is 13.0. The molecular weight excluding hydrogens is 380 g/mol. The number of halogens is 1. The van der Waals surface area contributed by atoms with Gasteiger partial charge >= 0.3 is 0 Å². The second kappa shape index (κ2) is 8.59. The van der Waals surface area contributed by atoms with Gasteiger partial charge in [-0.3, -0.25) is 9.89 Å². The standard InChI is InChI=1S/C20H21ClN4OS/c1-4-14-5-7-15(8-6-14)19-23-20(25-24-19)27-11-17(26)22-18-13(3)9-12(2)10-16(18)21/h5-10H,4,11H2,1-3H3,(H,22,26)(H,23,24,25). The third-order valence-electron chi connectivity index (χ3n) is 4.13. The van der Waals surface area contributed by atoms with Gasteiger partial charge in [0.2, 0.25) is 11.1 Å². The van der Waals surface area contributed by atoms with Gasteiger partial charge in [-0.2, -0.15) is 0 Å². The van der Waals surface area contributed by atoms with E-state index in [1.807, 2.05) is 38.1 Å². The van der Waals surface area contributed by atoms with Crippen LogP contribution >= 0.6 is 23.4 Å². The predicted octanol–water partition coefficient (Wildman–Crippen LogP) is 5.04. The van der Waals surface area contributed by atoms with Crippen molar-refractivity contribution >= 4 is 35.0 Å². The van der Waals surface area contributed by atoms with Crippen molar-refractivity contribution in [1.82, 2.24) is 15.2 Å². The first-order valence-electron chi connectivity index (χ1n) is 8.67. The Morgan fingerprint density at radius 3 is 2.63 bits per heavy atom. The van der Waals surface area contributed by atoms with Crippen LogP contribution in [0.4, 0.5) is 5.69 Å².